The lowest BCUT2D eigenvalue weighted by Crippen LogP contribution is -2.49. The van der Waals surface area contributed by atoms with E-state index in [-0.39, 0.29) is 6.10 Å². The van der Waals surface area contributed by atoms with Crippen molar-refractivity contribution >= 4 is 11.3 Å². The van der Waals surface area contributed by atoms with Crippen molar-refractivity contribution < 1.29 is 9.84 Å². The van der Waals surface area contributed by atoms with Gasteiger partial charge in [-0.3, -0.25) is 4.98 Å². The molecule has 1 aliphatic carbocycles. The predicted molar refractivity (Wildman–Crippen MR) is 55.4 cm³/mol. The van der Waals surface area contributed by atoms with Crippen LogP contribution in [0.3, 0.4) is 0 Å². The van der Waals surface area contributed by atoms with E-state index in [9.17, 15) is 5.11 Å². The number of ether oxygens (including phenoxy) is 1. The fourth-order valence-electron chi connectivity index (χ4n) is 1.94. The number of hydrogen-bond donors (Lipinski definition) is 1. The predicted octanol–water partition coefficient (Wildman–Crippen LogP) is 1.62. The molecule has 0 aliphatic heterocycles. The summed E-state index contributed by atoms with van der Waals surface area (Å²) in [6.45, 7) is 2.72. The topological polar surface area (TPSA) is 42.4 Å². The average Bonchev–Trinajstić information content (AvgIpc) is 2.54. The fourth-order valence-corrected chi connectivity index (χ4v) is 2.67. The number of aliphatic hydroxyl groups is 1. The van der Waals surface area contributed by atoms with Crippen LogP contribution in [-0.2, 0) is 11.2 Å². The van der Waals surface area contributed by atoms with Crippen LogP contribution in [0.1, 0.15) is 24.6 Å². The lowest BCUT2D eigenvalue weighted by atomic mass is 9.75. The minimum Gasteiger partial charge on any atom is -0.389 e. The molecule has 0 spiro atoms. The van der Waals surface area contributed by atoms with Crippen molar-refractivity contribution in [3.63, 3.8) is 0 Å². The maximum absolute atomic E-state index is 10.1. The molecule has 0 bridgehead atoms. The van der Waals surface area contributed by atoms with Gasteiger partial charge in [-0.25, -0.2) is 0 Å². The zero-order valence-corrected chi connectivity index (χ0v) is 9.09. The van der Waals surface area contributed by atoms with Crippen LogP contribution < -0.4 is 0 Å². The van der Waals surface area contributed by atoms with Crippen LogP contribution in [0.15, 0.2) is 11.7 Å². The highest BCUT2D eigenvalue weighted by atomic mass is 32.1. The van der Waals surface area contributed by atoms with Crippen LogP contribution in [0.4, 0.5) is 0 Å². The van der Waals surface area contributed by atoms with E-state index in [4.69, 9.17) is 4.74 Å². The summed E-state index contributed by atoms with van der Waals surface area (Å²) >= 11 is 1.60. The molecule has 78 valence electrons. The largest absolute Gasteiger partial charge is 0.389 e. The van der Waals surface area contributed by atoms with Crippen molar-refractivity contribution in [1.29, 1.82) is 0 Å². The van der Waals surface area contributed by atoms with Crippen LogP contribution in [-0.4, -0.2) is 28.4 Å². The summed E-state index contributed by atoms with van der Waals surface area (Å²) in [4.78, 5) is 5.15. The Kier molecular flexibility index (Phi) is 2.85. The summed E-state index contributed by atoms with van der Waals surface area (Å²) in [5, 5.41) is 10.1. The molecule has 4 heteroatoms. The van der Waals surface area contributed by atoms with E-state index in [0.29, 0.717) is 0 Å². The Labute approximate surface area is 87.7 Å². The van der Waals surface area contributed by atoms with Gasteiger partial charge in [-0.05, 0) is 6.92 Å². The molecule has 1 saturated carbocycles. The van der Waals surface area contributed by atoms with E-state index in [0.717, 1.165) is 30.7 Å². The molecule has 0 unspecified atom stereocenters. The van der Waals surface area contributed by atoms with Gasteiger partial charge in [0.2, 0.25) is 0 Å². The van der Waals surface area contributed by atoms with Crippen LogP contribution in [0.5, 0.6) is 0 Å². The van der Waals surface area contributed by atoms with Crippen LogP contribution >= 0.6 is 11.3 Å². The molecule has 1 aliphatic rings. The van der Waals surface area contributed by atoms with Gasteiger partial charge in [-0.1, -0.05) is 0 Å². The third-order valence-electron chi connectivity index (χ3n) is 2.60. The summed E-state index contributed by atoms with van der Waals surface area (Å²) < 4.78 is 5.42. The maximum Gasteiger partial charge on any atom is 0.0794 e. The molecule has 0 amide bonds. The normalized spacial score (nSPS) is 31.4. The van der Waals surface area contributed by atoms with E-state index in [2.05, 4.69) is 4.98 Å². The maximum atomic E-state index is 10.1. The minimum absolute atomic E-state index is 0.262. The molecule has 14 heavy (non-hydrogen) atoms. The van der Waals surface area contributed by atoms with Gasteiger partial charge in [0.15, 0.2) is 0 Å². The second-order valence-corrected chi connectivity index (χ2v) is 4.83. The highest BCUT2D eigenvalue weighted by Crippen LogP contribution is 2.37. The van der Waals surface area contributed by atoms with Crippen molar-refractivity contribution in [3.8, 4) is 0 Å². The van der Waals surface area contributed by atoms with Crippen LogP contribution in [0, 0.1) is 0 Å². The molecule has 1 aromatic heterocycles. The molecule has 2 rings (SSSR count). The molecular formula is C10H15NO2S. The molecular weight excluding hydrogens is 198 g/mol. The smallest absolute Gasteiger partial charge is 0.0794 e. The van der Waals surface area contributed by atoms with Gasteiger partial charge in [0.1, 0.15) is 0 Å². The van der Waals surface area contributed by atoms with Gasteiger partial charge in [0, 0.05) is 36.9 Å². The first-order valence-electron chi connectivity index (χ1n) is 4.93. The fraction of sp³-hybridized carbons (Fsp3) is 0.700. The van der Waals surface area contributed by atoms with Gasteiger partial charge in [0.25, 0.3) is 0 Å². The minimum atomic E-state index is -0.535. The number of hydrogen-bond acceptors (Lipinski definition) is 4. The Morgan fingerprint density at radius 3 is 3.07 bits per heavy atom. The van der Waals surface area contributed by atoms with Crippen molar-refractivity contribution in [1.82, 2.24) is 4.98 Å². The number of rotatable bonds is 4. The Morgan fingerprint density at radius 1 is 1.71 bits per heavy atom. The van der Waals surface area contributed by atoms with Crippen molar-refractivity contribution in [3.05, 3.63) is 16.6 Å². The standard InChI is InChI=1S/C10H15NO2S/c1-2-13-8-3-10(12,4-8)5-9-6-11-7-14-9/h6-8,12H,2-5H2,1H3. The van der Waals surface area contributed by atoms with E-state index in [1.165, 1.54) is 0 Å². The van der Waals surface area contributed by atoms with Crippen LogP contribution in [0.2, 0.25) is 0 Å². The summed E-state index contributed by atoms with van der Waals surface area (Å²) in [5.41, 5.74) is 1.27. The van der Waals surface area contributed by atoms with Gasteiger partial charge < -0.3 is 9.84 Å². The first-order chi connectivity index (χ1) is 6.72. The Hall–Kier alpha value is -0.450. The molecule has 1 heterocycles. The molecule has 1 aromatic rings. The lowest BCUT2D eigenvalue weighted by molar-refractivity contribution is -0.135. The SMILES string of the molecule is CCOC1CC(O)(Cc2cncs2)C1. The molecule has 3 nitrogen and oxygen atoms in total. The van der Waals surface area contributed by atoms with Gasteiger partial charge in [-0.2, -0.15) is 0 Å². The average molecular weight is 213 g/mol. The highest BCUT2D eigenvalue weighted by Gasteiger charge is 2.43. The van der Waals surface area contributed by atoms with Crippen LogP contribution in [0.25, 0.3) is 0 Å². The highest BCUT2D eigenvalue weighted by molar-refractivity contribution is 7.09. The summed E-state index contributed by atoms with van der Waals surface area (Å²) in [6, 6.07) is 0. The third kappa shape index (κ3) is 2.13. The molecule has 0 atom stereocenters. The van der Waals surface area contributed by atoms with Gasteiger partial charge in [-0.15, -0.1) is 11.3 Å². The second kappa shape index (κ2) is 3.96. The zero-order chi connectivity index (χ0) is 10.0. The Bertz CT molecular complexity index is 280. The summed E-state index contributed by atoms with van der Waals surface area (Å²) in [5.74, 6) is 0. The lowest BCUT2D eigenvalue weighted by Gasteiger charge is -2.43. The molecule has 0 saturated heterocycles. The quantitative estimate of drug-likeness (QED) is 0.826. The Morgan fingerprint density at radius 2 is 2.50 bits per heavy atom. The van der Waals surface area contributed by atoms with Crippen molar-refractivity contribution in [2.45, 2.75) is 37.9 Å². The molecule has 1 N–H and O–H groups in total. The first kappa shape index (κ1) is 10.1. The van der Waals surface area contributed by atoms with Gasteiger partial charge in [0.05, 0.1) is 17.2 Å². The van der Waals surface area contributed by atoms with E-state index in [1.54, 1.807) is 16.8 Å². The zero-order valence-electron chi connectivity index (χ0n) is 8.27. The van der Waals surface area contributed by atoms with E-state index < -0.39 is 5.60 Å². The summed E-state index contributed by atoms with van der Waals surface area (Å²) in [7, 11) is 0. The van der Waals surface area contributed by atoms with Crippen molar-refractivity contribution in [2.75, 3.05) is 6.61 Å². The van der Waals surface area contributed by atoms with E-state index in [1.807, 2.05) is 13.1 Å². The monoisotopic (exact) mass is 213 g/mol. The Balaban J connectivity index is 1.83. The molecule has 1 fully saturated rings. The number of nitrogens with zero attached hydrogens (tertiary/aromatic N) is 1. The summed E-state index contributed by atoms with van der Waals surface area (Å²) in [6.07, 6.45) is 4.34. The third-order valence-corrected chi connectivity index (χ3v) is 3.38. The van der Waals surface area contributed by atoms with E-state index >= 15 is 0 Å². The van der Waals surface area contributed by atoms with Crippen molar-refractivity contribution in [2.24, 2.45) is 0 Å². The number of thiazole rings is 1. The molecule has 0 radical (unpaired) electrons. The molecule has 0 aromatic carbocycles. The van der Waals surface area contributed by atoms with Gasteiger partial charge >= 0.3 is 0 Å². The number of aromatic nitrogens is 1. The second-order valence-electron chi connectivity index (χ2n) is 3.85. The first-order valence-corrected chi connectivity index (χ1v) is 5.81.